The summed E-state index contributed by atoms with van der Waals surface area (Å²) in [4.78, 5) is 15.3. The third kappa shape index (κ3) is 6.71. The van der Waals surface area contributed by atoms with Gasteiger partial charge in [0.25, 0.3) is 0 Å². The van der Waals surface area contributed by atoms with E-state index in [-0.39, 0.29) is 5.91 Å². The lowest BCUT2D eigenvalue weighted by atomic mass is 9.96. The number of likely N-dealkylation sites (tertiary alicyclic amines) is 1. The van der Waals surface area contributed by atoms with Crippen molar-refractivity contribution in [2.24, 2.45) is 5.92 Å². The number of nitrogens with zero attached hydrogens (tertiary/aromatic N) is 1. The molecule has 2 aromatic rings. The number of halogens is 1. The smallest absolute Gasteiger partial charge is 0.224 e. The molecule has 5 rings (SSSR count). The molecule has 6 heteroatoms. The molecule has 190 valence electrons. The highest BCUT2D eigenvalue weighted by Crippen LogP contribution is 2.32. The van der Waals surface area contributed by atoms with Crippen LogP contribution in [0.3, 0.4) is 0 Å². The minimum absolute atomic E-state index is 0.0722. The molecule has 36 heavy (non-hydrogen) atoms. The van der Waals surface area contributed by atoms with Gasteiger partial charge in [-0.15, -0.1) is 0 Å². The van der Waals surface area contributed by atoms with Crippen molar-refractivity contribution in [1.29, 1.82) is 0 Å². The van der Waals surface area contributed by atoms with Crippen molar-refractivity contribution in [3.8, 4) is 11.5 Å². The number of fused-ring (bicyclic) bond motifs is 1. The summed E-state index contributed by atoms with van der Waals surface area (Å²) < 4.78 is 11.4. The molecule has 2 aliphatic heterocycles. The highest BCUT2D eigenvalue weighted by molar-refractivity contribution is 6.29. The number of ether oxygens (including phenoxy) is 2. The van der Waals surface area contributed by atoms with Crippen LogP contribution in [0.25, 0.3) is 5.57 Å². The summed E-state index contributed by atoms with van der Waals surface area (Å²) >= 11 is 6.08. The van der Waals surface area contributed by atoms with Gasteiger partial charge in [0.1, 0.15) is 13.2 Å². The van der Waals surface area contributed by atoms with Gasteiger partial charge < -0.3 is 19.7 Å². The van der Waals surface area contributed by atoms with Gasteiger partial charge in [0.15, 0.2) is 11.5 Å². The fourth-order valence-corrected chi connectivity index (χ4v) is 5.43. The average Bonchev–Trinajstić information content (AvgIpc) is 3.41. The third-order valence-electron chi connectivity index (χ3n) is 7.22. The molecule has 1 amide bonds. The molecule has 0 bridgehead atoms. The van der Waals surface area contributed by atoms with E-state index in [0.29, 0.717) is 32.1 Å². The van der Waals surface area contributed by atoms with Crippen LogP contribution in [0.15, 0.2) is 59.6 Å². The average molecular weight is 507 g/mol. The van der Waals surface area contributed by atoms with E-state index in [1.165, 1.54) is 29.5 Å². The standard InChI is InChI=1S/C30H35ClN2O3/c31-27-10-8-26(9-11-27)25-6-3-22(4-7-25)19-30(34)32-20-24(21-33-13-1-2-14-33)17-23-5-12-28-29(18-23)36-16-15-35-28/h3-8,10,12,18,24H,1-2,9,11,13-17,19-21H2,(H,32,34)/t24-/m1/s1. The minimum Gasteiger partial charge on any atom is -0.486 e. The van der Waals surface area contributed by atoms with Crippen molar-refractivity contribution in [3.05, 3.63) is 76.3 Å². The molecule has 3 aliphatic rings. The Labute approximate surface area is 219 Å². The van der Waals surface area contributed by atoms with E-state index in [1.807, 2.05) is 12.1 Å². The van der Waals surface area contributed by atoms with Crippen molar-refractivity contribution in [1.82, 2.24) is 10.2 Å². The second-order valence-electron chi connectivity index (χ2n) is 10.0. The van der Waals surface area contributed by atoms with Gasteiger partial charge in [-0.05, 0) is 91.6 Å². The quantitative estimate of drug-likeness (QED) is 0.496. The van der Waals surface area contributed by atoms with Crippen LogP contribution >= 0.6 is 11.6 Å². The predicted octanol–water partition coefficient (Wildman–Crippen LogP) is 5.37. The van der Waals surface area contributed by atoms with Crippen LogP contribution in [0.5, 0.6) is 11.5 Å². The summed E-state index contributed by atoms with van der Waals surface area (Å²) in [6.07, 6.45) is 9.74. The van der Waals surface area contributed by atoms with Crippen molar-refractivity contribution in [2.45, 2.75) is 38.5 Å². The number of hydrogen-bond donors (Lipinski definition) is 1. The number of amides is 1. The summed E-state index contributed by atoms with van der Waals surface area (Å²) in [7, 11) is 0. The maximum atomic E-state index is 12.8. The number of carbonyl (C=O) groups excluding carboxylic acids is 1. The van der Waals surface area contributed by atoms with Gasteiger partial charge in [-0.1, -0.05) is 48.0 Å². The van der Waals surface area contributed by atoms with Crippen molar-refractivity contribution < 1.29 is 14.3 Å². The highest BCUT2D eigenvalue weighted by atomic mass is 35.5. The molecular weight excluding hydrogens is 472 g/mol. The first kappa shape index (κ1) is 24.9. The Morgan fingerprint density at radius 2 is 1.69 bits per heavy atom. The van der Waals surface area contributed by atoms with E-state index in [0.717, 1.165) is 61.0 Å². The Balaban J connectivity index is 1.17. The monoisotopic (exact) mass is 506 g/mol. The molecule has 2 aromatic carbocycles. The zero-order chi connectivity index (χ0) is 24.7. The zero-order valence-electron chi connectivity index (χ0n) is 20.8. The van der Waals surface area contributed by atoms with Crippen LogP contribution in [0.2, 0.25) is 0 Å². The Morgan fingerprint density at radius 1 is 0.944 bits per heavy atom. The lowest BCUT2D eigenvalue weighted by Crippen LogP contribution is -2.37. The van der Waals surface area contributed by atoms with Crippen molar-refractivity contribution in [3.63, 3.8) is 0 Å². The van der Waals surface area contributed by atoms with Gasteiger partial charge >= 0.3 is 0 Å². The Bertz CT molecular complexity index is 1120. The number of hydrogen-bond acceptors (Lipinski definition) is 4. The number of allylic oxidation sites excluding steroid dienone is 4. The second-order valence-corrected chi connectivity index (χ2v) is 10.5. The Kier molecular flexibility index (Phi) is 8.29. The summed E-state index contributed by atoms with van der Waals surface area (Å²) in [5.74, 6) is 2.06. The lowest BCUT2D eigenvalue weighted by Gasteiger charge is -2.25. The fourth-order valence-electron chi connectivity index (χ4n) is 5.27. The summed E-state index contributed by atoms with van der Waals surface area (Å²) in [5.41, 5.74) is 4.74. The molecule has 0 aromatic heterocycles. The number of rotatable bonds is 9. The molecular formula is C30H35ClN2O3. The van der Waals surface area contributed by atoms with E-state index in [9.17, 15) is 4.79 Å². The molecule has 1 saturated heterocycles. The second kappa shape index (κ2) is 12.0. The molecule has 0 unspecified atom stereocenters. The van der Waals surface area contributed by atoms with Crippen LogP contribution in [0, 0.1) is 5.92 Å². The van der Waals surface area contributed by atoms with E-state index >= 15 is 0 Å². The summed E-state index contributed by atoms with van der Waals surface area (Å²) in [5, 5.41) is 4.12. The molecule has 0 spiro atoms. The maximum Gasteiger partial charge on any atom is 0.224 e. The summed E-state index contributed by atoms with van der Waals surface area (Å²) in [6, 6.07) is 14.6. The molecule has 1 N–H and O–H groups in total. The van der Waals surface area contributed by atoms with Crippen LogP contribution in [-0.4, -0.2) is 50.2 Å². The Hall–Kier alpha value is -2.76. The van der Waals surface area contributed by atoms with E-state index in [2.05, 4.69) is 52.7 Å². The fraction of sp³-hybridized carbons (Fsp3) is 0.433. The Morgan fingerprint density at radius 3 is 2.44 bits per heavy atom. The number of benzene rings is 2. The van der Waals surface area contributed by atoms with Crippen LogP contribution in [0.1, 0.15) is 42.4 Å². The predicted molar refractivity (Wildman–Crippen MR) is 145 cm³/mol. The molecule has 2 heterocycles. The van der Waals surface area contributed by atoms with Gasteiger partial charge in [0.05, 0.1) is 6.42 Å². The molecule has 1 fully saturated rings. The van der Waals surface area contributed by atoms with E-state index < -0.39 is 0 Å². The van der Waals surface area contributed by atoms with Crippen molar-refractivity contribution >= 4 is 23.1 Å². The lowest BCUT2D eigenvalue weighted by molar-refractivity contribution is -0.120. The zero-order valence-corrected chi connectivity index (χ0v) is 21.6. The number of carbonyl (C=O) groups is 1. The van der Waals surface area contributed by atoms with Crippen molar-refractivity contribution in [2.75, 3.05) is 39.4 Å². The van der Waals surface area contributed by atoms with Gasteiger partial charge in [0, 0.05) is 18.1 Å². The SMILES string of the molecule is O=C(Cc1ccc(C2=CC=C(Cl)CC2)cc1)NC[C@@H](Cc1ccc2c(c1)OCCO2)CN1CCCC1. The van der Waals surface area contributed by atoms with Gasteiger partial charge in [-0.3, -0.25) is 4.79 Å². The maximum absolute atomic E-state index is 12.8. The van der Waals surface area contributed by atoms with Gasteiger partial charge in [-0.2, -0.15) is 0 Å². The summed E-state index contributed by atoms with van der Waals surface area (Å²) in [6.45, 7) is 5.15. The highest BCUT2D eigenvalue weighted by Gasteiger charge is 2.20. The topological polar surface area (TPSA) is 50.8 Å². The molecule has 1 aliphatic carbocycles. The number of nitrogens with one attached hydrogen (secondary N) is 1. The minimum atomic E-state index is 0.0722. The van der Waals surface area contributed by atoms with Crippen LogP contribution < -0.4 is 14.8 Å². The molecule has 0 radical (unpaired) electrons. The van der Waals surface area contributed by atoms with Gasteiger partial charge in [0.2, 0.25) is 5.91 Å². The van der Waals surface area contributed by atoms with Crippen LogP contribution in [-0.2, 0) is 17.6 Å². The van der Waals surface area contributed by atoms with Gasteiger partial charge in [-0.25, -0.2) is 0 Å². The van der Waals surface area contributed by atoms with E-state index in [1.54, 1.807) is 0 Å². The first-order valence-corrected chi connectivity index (χ1v) is 13.5. The first-order valence-electron chi connectivity index (χ1n) is 13.1. The first-order chi connectivity index (χ1) is 17.6. The van der Waals surface area contributed by atoms with E-state index in [4.69, 9.17) is 21.1 Å². The molecule has 0 saturated carbocycles. The third-order valence-corrected chi connectivity index (χ3v) is 7.54. The molecule has 1 atom stereocenters. The normalized spacial score (nSPS) is 18.4. The molecule has 5 nitrogen and oxygen atoms in total. The largest absolute Gasteiger partial charge is 0.486 e. The van der Waals surface area contributed by atoms with Crippen LogP contribution in [0.4, 0.5) is 0 Å².